The minimum Gasteiger partial charge on any atom is -0.490 e. The van der Waals surface area contributed by atoms with Gasteiger partial charge < -0.3 is 25.0 Å². The summed E-state index contributed by atoms with van der Waals surface area (Å²) >= 11 is 0. The van der Waals surface area contributed by atoms with E-state index >= 15 is 0 Å². The van der Waals surface area contributed by atoms with Crippen LogP contribution in [0.25, 0.3) is 0 Å². The number of nitrogens with one attached hydrogen (secondary N) is 2. The molecular formula is C21H28N4O4. The number of hydrogen-bond donors (Lipinski definition) is 2. The summed E-state index contributed by atoms with van der Waals surface area (Å²) in [4.78, 5) is 30.6. The van der Waals surface area contributed by atoms with Crippen molar-refractivity contribution in [3.63, 3.8) is 0 Å². The molecule has 0 fully saturated rings. The molecule has 156 valence electrons. The van der Waals surface area contributed by atoms with Crippen LogP contribution < -0.4 is 25.0 Å². The molecule has 0 aliphatic heterocycles. The summed E-state index contributed by atoms with van der Waals surface area (Å²) in [7, 11) is 3.82. The number of anilines is 1. The van der Waals surface area contributed by atoms with E-state index in [1.165, 1.54) is 0 Å². The number of pyridine rings is 1. The number of carbonyl (C=O) groups is 2. The van der Waals surface area contributed by atoms with Crippen molar-refractivity contribution in [2.24, 2.45) is 0 Å². The lowest BCUT2D eigenvalue weighted by molar-refractivity contribution is -0.120. The minimum absolute atomic E-state index is 0.126. The molecule has 0 radical (unpaired) electrons. The Hall–Kier alpha value is -3.29. The zero-order chi connectivity index (χ0) is 21.2. The van der Waals surface area contributed by atoms with E-state index < -0.39 is 0 Å². The first-order valence-corrected chi connectivity index (χ1v) is 9.51. The highest BCUT2D eigenvalue weighted by molar-refractivity contribution is 5.97. The molecule has 0 atom stereocenters. The molecular weight excluding hydrogens is 372 g/mol. The van der Waals surface area contributed by atoms with Gasteiger partial charge >= 0.3 is 0 Å². The second-order valence-electron chi connectivity index (χ2n) is 6.41. The highest BCUT2D eigenvalue weighted by atomic mass is 16.5. The first-order valence-electron chi connectivity index (χ1n) is 9.51. The van der Waals surface area contributed by atoms with Crippen molar-refractivity contribution in [3.8, 4) is 11.5 Å². The zero-order valence-electron chi connectivity index (χ0n) is 17.3. The third-order valence-corrected chi connectivity index (χ3v) is 3.97. The van der Waals surface area contributed by atoms with Gasteiger partial charge in [0.2, 0.25) is 5.91 Å². The Labute approximate surface area is 171 Å². The molecule has 0 saturated carbocycles. The molecule has 0 aliphatic carbocycles. The fraction of sp³-hybridized carbons (Fsp3) is 0.381. The van der Waals surface area contributed by atoms with Crippen LogP contribution in [0.2, 0.25) is 0 Å². The van der Waals surface area contributed by atoms with Gasteiger partial charge in [-0.25, -0.2) is 4.98 Å². The molecule has 1 aromatic heterocycles. The zero-order valence-corrected chi connectivity index (χ0v) is 17.3. The molecule has 2 aromatic rings. The number of nitrogens with zero attached hydrogens (tertiary/aromatic N) is 2. The SMILES string of the molecule is CCOc1ccc(C(=O)NCC(=O)NCc2ccc(N(C)C)nc2)cc1OCC. The average Bonchev–Trinajstić information content (AvgIpc) is 2.72. The van der Waals surface area contributed by atoms with Gasteiger partial charge in [0.1, 0.15) is 5.82 Å². The van der Waals surface area contributed by atoms with Crippen LogP contribution in [-0.4, -0.2) is 50.7 Å². The smallest absolute Gasteiger partial charge is 0.251 e. The molecule has 1 heterocycles. The van der Waals surface area contributed by atoms with Crippen LogP contribution in [0.5, 0.6) is 11.5 Å². The molecule has 2 rings (SSSR count). The lowest BCUT2D eigenvalue weighted by Gasteiger charge is -2.13. The van der Waals surface area contributed by atoms with Crippen LogP contribution in [0.1, 0.15) is 29.8 Å². The Morgan fingerprint density at radius 1 is 1.00 bits per heavy atom. The maximum absolute atomic E-state index is 12.3. The van der Waals surface area contributed by atoms with E-state index in [9.17, 15) is 9.59 Å². The second kappa shape index (κ2) is 10.9. The van der Waals surface area contributed by atoms with E-state index in [0.717, 1.165) is 11.4 Å². The first-order chi connectivity index (χ1) is 13.9. The van der Waals surface area contributed by atoms with Crippen molar-refractivity contribution in [2.75, 3.05) is 38.8 Å². The molecule has 0 spiro atoms. The first kappa shape index (κ1) is 22.0. The summed E-state index contributed by atoms with van der Waals surface area (Å²) in [5, 5.41) is 5.37. The maximum Gasteiger partial charge on any atom is 0.251 e. The van der Waals surface area contributed by atoms with E-state index in [0.29, 0.717) is 36.8 Å². The number of ether oxygens (including phenoxy) is 2. The molecule has 29 heavy (non-hydrogen) atoms. The summed E-state index contributed by atoms with van der Waals surface area (Å²) in [6.07, 6.45) is 1.71. The van der Waals surface area contributed by atoms with Crippen LogP contribution in [0.15, 0.2) is 36.5 Å². The van der Waals surface area contributed by atoms with Gasteiger partial charge in [-0.15, -0.1) is 0 Å². The standard InChI is InChI=1S/C21H28N4O4/c1-5-28-17-9-8-16(11-18(17)29-6-2)21(27)24-14-20(26)23-13-15-7-10-19(22-12-15)25(3)4/h7-12H,5-6,13-14H2,1-4H3,(H,23,26)(H,24,27). The van der Waals surface area contributed by atoms with Gasteiger partial charge in [0.15, 0.2) is 11.5 Å². The van der Waals surface area contributed by atoms with Crippen molar-refractivity contribution in [1.82, 2.24) is 15.6 Å². The number of hydrogen-bond acceptors (Lipinski definition) is 6. The van der Waals surface area contributed by atoms with Crippen molar-refractivity contribution < 1.29 is 19.1 Å². The average molecular weight is 400 g/mol. The number of benzene rings is 1. The molecule has 8 heteroatoms. The topological polar surface area (TPSA) is 92.8 Å². The minimum atomic E-state index is -0.360. The molecule has 0 bridgehead atoms. The predicted molar refractivity (Wildman–Crippen MR) is 112 cm³/mol. The quantitative estimate of drug-likeness (QED) is 0.634. The van der Waals surface area contributed by atoms with Gasteiger partial charge in [-0.1, -0.05) is 6.07 Å². The Balaban J connectivity index is 1.86. The predicted octanol–water partition coefficient (Wildman–Crippen LogP) is 1.99. The molecule has 8 nitrogen and oxygen atoms in total. The summed E-state index contributed by atoms with van der Waals surface area (Å²) in [5.41, 5.74) is 1.27. The van der Waals surface area contributed by atoms with Crippen molar-refractivity contribution in [1.29, 1.82) is 0 Å². The maximum atomic E-state index is 12.3. The molecule has 0 unspecified atom stereocenters. The van der Waals surface area contributed by atoms with E-state index in [4.69, 9.17) is 9.47 Å². The summed E-state index contributed by atoms with van der Waals surface area (Å²) in [6.45, 7) is 4.90. The van der Waals surface area contributed by atoms with E-state index in [1.54, 1.807) is 24.4 Å². The Morgan fingerprint density at radius 3 is 2.34 bits per heavy atom. The third-order valence-electron chi connectivity index (χ3n) is 3.97. The lowest BCUT2D eigenvalue weighted by Crippen LogP contribution is -2.36. The van der Waals surface area contributed by atoms with Crippen LogP contribution in [0.3, 0.4) is 0 Å². The molecule has 2 N–H and O–H groups in total. The van der Waals surface area contributed by atoms with E-state index in [-0.39, 0.29) is 18.4 Å². The van der Waals surface area contributed by atoms with Gasteiger partial charge in [0.25, 0.3) is 5.91 Å². The largest absolute Gasteiger partial charge is 0.490 e. The highest BCUT2D eigenvalue weighted by Gasteiger charge is 2.12. The fourth-order valence-electron chi connectivity index (χ4n) is 2.50. The van der Waals surface area contributed by atoms with Gasteiger partial charge in [0.05, 0.1) is 19.8 Å². The monoisotopic (exact) mass is 400 g/mol. The van der Waals surface area contributed by atoms with Crippen molar-refractivity contribution >= 4 is 17.6 Å². The number of carbonyl (C=O) groups excluding carboxylic acids is 2. The Morgan fingerprint density at radius 2 is 1.72 bits per heavy atom. The second-order valence-corrected chi connectivity index (χ2v) is 6.41. The number of aromatic nitrogens is 1. The van der Waals surface area contributed by atoms with Gasteiger partial charge in [-0.05, 0) is 43.7 Å². The number of rotatable bonds is 10. The van der Waals surface area contributed by atoms with Crippen molar-refractivity contribution in [3.05, 3.63) is 47.7 Å². The molecule has 1 aromatic carbocycles. The number of amides is 2. The Kier molecular flexibility index (Phi) is 8.27. The third kappa shape index (κ3) is 6.67. The van der Waals surface area contributed by atoms with Crippen LogP contribution in [0.4, 0.5) is 5.82 Å². The van der Waals surface area contributed by atoms with Gasteiger partial charge in [0, 0.05) is 32.4 Å². The summed E-state index contributed by atoms with van der Waals surface area (Å²) < 4.78 is 11.0. The highest BCUT2D eigenvalue weighted by Crippen LogP contribution is 2.28. The Bertz CT molecular complexity index is 822. The van der Waals surface area contributed by atoms with Crippen LogP contribution in [0, 0.1) is 0 Å². The van der Waals surface area contributed by atoms with Gasteiger partial charge in [-0.2, -0.15) is 0 Å². The van der Waals surface area contributed by atoms with Crippen molar-refractivity contribution in [2.45, 2.75) is 20.4 Å². The lowest BCUT2D eigenvalue weighted by atomic mass is 10.2. The van der Waals surface area contributed by atoms with Crippen LogP contribution in [-0.2, 0) is 11.3 Å². The molecule has 2 amide bonds. The van der Waals surface area contributed by atoms with E-state index in [2.05, 4.69) is 15.6 Å². The van der Waals surface area contributed by atoms with Gasteiger partial charge in [-0.3, -0.25) is 9.59 Å². The van der Waals surface area contributed by atoms with E-state index in [1.807, 2.05) is 45.0 Å². The normalized spacial score (nSPS) is 10.2. The molecule has 0 aliphatic rings. The summed E-state index contributed by atoms with van der Waals surface area (Å²) in [6, 6.07) is 8.72. The summed E-state index contributed by atoms with van der Waals surface area (Å²) in [5.74, 6) is 1.28. The fourth-order valence-corrected chi connectivity index (χ4v) is 2.50. The van der Waals surface area contributed by atoms with Crippen LogP contribution >= 0.6 is 0 Å². The molecule has 0 saturated heterocycles.